The average Bonchev–Trinajstić information content (AvgIpc) is 3.18. The number of hydrogen-bond acceptors (Lipinski definition) is 4. The number of aromatic nitrogens is 1. The van der Waals surface area contributed by atoms with Gasteiger partial charge in [-0.3, -0.25) is 4.79 Å². The van der Waals surface area contributed by atoms with Gasteiger partial charge in [0.05, 0.1) is 17.2 Å². The van der Waals surface area contributed by atoms with Crippen LogP contribution in [0.3, 0.4) is 0 Å². The summed E-state index contributed by atoms with van der Waals surface area (Å²) in [7, 11) is 0. The van der Waals surface area contributed by atoms with Gasteiger partial charge < -0.3 is 10.4 Å². The number of thioether (sulfide) groups is 1. The molecule has 0 spiro atoms. The summed E-state index contributed by atoms with van der Waals surface area (Å²) in [6.45, 7) is 2.77. The van der Waals surface area contributed by atoms with E-state index in [0.29, 0.717) is 12.1 Å². The Hall–Kier alpha value is -1.07. The third-order valence-electron chi connectivity index (χ3n) is 3.21. The van der Waals surface area contributed by atoms with Gasteiger partial charge in [0, 0.05) is 18.2 Å². The Labute approximate surface area is 111 Å². The highest BCUT2D eigenvalue weighted by atomic mass is 32.2. The number of aliphatic hydroxyl groups is 1. The Morgan fingerprint density at radius 3 is 2.83 bits per heavy atom. The zero-order valence-electron chi connectivity index (χ0n) is 10.5. The molecule has 2 N–H and O–H groups in total. The zero-order chi connectivity index (χ0) is 13.0. The Balaban J connectivity index is 1.88. The lowest BCUT2D eigenvalue weighted by atomic mass is 10.1. The van der Waals surface area contributed by atoms with Crippen LogP contribution in [0.15, 0.2) is 23.4 Å². The lowest BCUT2D eigenvalue weighted by Crippen LogP contribution is -2.31. The monoisotopic (exact) mass is 266 g/mol. The third kappa shape index (κ3) is 3.23. The summed E-state index contributed by atoms with van der Waals surface area (Å²) >= 11 is 1.65. The van der Waals surface area contributed by atoms with Crippen molar-refractivity contribution in [3.8, 4) is 0 Å². The van der Waals surface area contributed by atoms with E-state index in [1.807, 2.05) is 6.07 Å². The van der Waals surface area contributed by atoms with Crippen LogP contribution in [0.4, 0.5) is 0 Å². The highest BCUT2D eigenvalue weighted by Crippen LogP contribution is 2.44. The molecule has 5 heteroatoms. The Morgan fingerprint density at radius 2 is 2.33 bits per heavy atom. The fraction of sp³-hybridized carbons (Fsp3) is 0.538. The average molecular weight is 266 g/mol. The van der Waals surface area contributed by atoms with Crippen LogP contribution < -0.4 is 5.32 Å². The van der Waals surface area contributed by atoms with E-state index in [0.717, 1.165) is 23.6 Å². The Kier molecular flexibility index (Phi) is 4.24. The second-order valence-corrected chi connectivity index (χ2v) is 5.94. The second-order valence-electron chi connectivity index (χ2n) is 4.66. The van der Waals surface area contributed by atoms with E-state index in [1.54, 1.807) is 24.0 Å². The molecule has 0 radical (unpaired) electrons. The van der Waals surface area contributed by atoms with Crippen LogP contribution in [-0.2, 0) is 0 Å². The number of aliphatic hydroxyl groups excluding tert-OH is 1. The van der Waals surface area contributed by atoms with Gasteiger partial charge >= 0.3 is 0 Å². The number of carbonyl (C=O) groups excluding carboxylic acids is 1. The van der Waals surface area contributed by atoms with Gasteiger partial charge in [-0.2, -0.15) is 0 Å². The van der Waals surface area contributed by atoms with Gasteiger partial charge in [-0.15, -0.1) is 11.8 Å². The molecule has 4 nitrogen and oxygen atoms in total. The topological polar surface area (TPSA) is 62.2 Å². The number of amides is 1. The van der Waals surface area contributed by atoms with E-state index in [-0.39, 0.29) is 17.9 Å². The maximum absolute atomic E-state index is 11.9. The fourth-order valence-corrected chi connectivity index (χ4v) is 2.27. The molecule has 0 saturated heterocycles. The van der Waals surface area contributed by atoms with Gasteiger partial charge in [0.25, 0.3) is 5.91 Å². The van der Waals surface area contributed by atoms with Gasteiger partial charge in [-0.05, 0) is 30.7 Å². The molecule has 98 valence electrons. The van der Waals surface area contributed by atoms with Crippen LogP contribution in [0.1, 0.15) is 30.1 Å². The maximum Gasteiger partial charge on any atom is 0.252 e. The molecule has 1 fully saturated rings. The molecular formula is C13H18N2O2S. The van der Waals surface area contributed by atoms with Crippen molar-refractivity contribution in [3.63, 3.8) is 0 Å². The van der Waals surface area contributed by atoms with Gasteiger partial charge in [0.15, 0.2) is 0 Å². The SMILES string of the molecule is CCSc1ccc(C(=O)NCC2(CO)CC2)cn1. The molecule has 1 aromatic heterocycles. The van der Waals surface area contributed by atoms with Gasteiger partial charge in [0.2, 0.25) is 0 Å². The summed E-state index contributed by atoms with van der Waals surface area (Å²) in [4.78, 5) is 16.1. The molecule has 1 aromatic rings. The summed E-state index contributed by atoms with van der Waals surface area (Å²) in [6.07, 6.45) is 3.59. The first kappa shape index (κ1) is 13.4. The first-order valence-corrected chi connectivity index (χ1v) is 7.15. The number of nitrogens with one attached hydrogen (secondary N) is 1. The molecule has 1 saturated carbocycles. The molecule has 0 atom stereocenters. The van der Waals surface area contributed by atoms with Crippen molar-refractivity contribution in [3.05, 3.63) is 23.9 Å². The van der Waals surface area contributed by atoms with Crippen LogP contribution in [0.2, 0.25) is 0 Å². The molecule has 1 heterocycles. The molecule has 1 aliphatic rings. The normalized spacial score (nSPS) is 16.3. The van der Waals surface area contributed by atoms with E-state index in [4.69, 9.17) is 5.11 Å². The van der Waals surface area contributed by atoms with Crippen LogP contribution in [-0.4, -0.2) is 34.9 Å². The van der Waals surface area contributed by atoms with E-state index < -0.39 is 0 Å². The predicted octanol–water partition coefficient (Wildman–Crippen LogP) is 1.70. The summed E-state index contributed by atoms with van der Waals surface area (Å²) in [5.74, 6) is 0.854. The summed E-state index contributed by atoms with van der Waals surface area (Å²) in [5, 5.41) is 13.0. The predicted molar refractivity (Wildman–Crippen MR) is 71.7 cm³/mol. The summed E-state index contributed by atoms with van der Waals surface area (Å²) < 4.78 is 0. The van der Waals surface area contributed by atoms with Crippen molar-refractivity contribution < 1.29 is 9.90 Å². The molecule has 0 aromatic carbocycles. The Bertz CT molecular complexity index is 416. The molecule has 2 rings (SSSR count). The zero-order valence-corrected chi connectivity index (χ0v) is 11.3. The molecule has 18 heavy (non-hydrogen) atoms. The van der Waals surface area contributed by atoms with Crippen molar-refractivity contribution in [2.45, 2.75) is 24.8 Å². The molecule has 0 aliphatic heterocycles. The fourth-order valence-electron chi connectivity index (χ4n) is 1.69. The highest BCUT2D eigenvalue weighted by molar-refractivity contribution is 7.99. The number of rotatable bonds is 6. The number of pyridine rings is 1. The third-order valence-corrected chi connectivity index (χ3v) is 4.03. The van der Waals surface area contributed by atoms with Crippen LogP contribution in [0.25, 0.3) is 0 Å². The molecule has 0 unspecified atom stereocenters. The lowest BCUT2D eigenvalue weighted by molar-refractivity contribution is 0.0934. The van der Waals surface area contributed by atoms with Crippen molar-refractivity contribution in [2.24, 2.45) is 5.41 Å². The first-order chi connectivity index (χ1) is 8.69. The van der Waals surface area contributed by atoms with Crippen LogP contribution in [0.5, 0.6) is 0 Å². The molecule has 1 aliphatic carbocycles. The minimum atomic E-state index is -0.115. The highest BCUT2D eigenvalue weighted by Gasteiger charge is 2.42. The van der Waals surface area contributed by atoms with Crippen LogP contribution >= 0.6 is 11.8 Å². The van der Waals surface area contributed by atoms with E-state index in [2.05, 4.69) is 17.2 Å². The molecular weight excluding hydrogens is 248 g/mol. The van der Waals surface area contributed by atoms with Crippen molar-refractivity contribution in [1.82, 2.24) is 10.3 Å². The molecule has 0 bridgehead atoms. The van der Waals surface area contributed by atoms with E-state index >= 15 is 0 Å². The minimum absolute atomic E-state index is 0.0545. The first-order valence-electron chi connectivity index (χ1n) is 6.17. The standard InChI is InChI=1S/C13H18N2O2S/c1-2-18-11-4-3-10(7-14-11)12(17)15-8-13(9-16)5-6-13/h3-4,7,16H,2,5-6,8-9H2,1H3,(H,15,17). The summed E-state index contributed by atoms with van der Waals surface area (Å²) in [5.41, 5.74) is 0.519. The van der Waals surface area contributed by atoms with Crippen molar-refractivity contribution in [2.75, 3.05) is 18.9 Å². The largest absolute Gasteiger partial charge is 0.396 e. The van der Waals surface area contributed by atoms with E-state index in [1.165, 1.54) is 0 Å². The van der Waals surface area contributed by atoms with Crippen LogP contribution in [0, 0.1) is 5.41 Å². The number of carbonyl (C=O) groups is 1. The van der Waals surface area contributed by atoms with Gasteiger partial charge in [-0.1, -0.05) is 6.92 Å². The van der Waals surface area contributed by atoms with Crippen molar-refractivity contribution in [1.29, 1.82) is 0 Å². The minimum Gasteiger partial charge on any atom is -0.396 e. The molecule has 1 amide bonds. The summed E-state index contributed by atoms with van der Waals surface area (Å²) in [6, 6.07) is 3.65. The number of hydrogen-bond donors (Lipinski definition) is 2. The maximum atomic E-state index is 11.9. The smallest absolute Gasteiger partial charge is 0.252 e. The van der Waals surface area contributed by atoms with Crippen molar-refractivity contribution >= 4 is 17.7 Å². The quantitative estimate of drug-likeness (QED) is 0.769. The lowest BCUT2D eigenvalue weighted by Gasteiger charge is -2.12. The second kappa shape index (κ2) is 5.71. The number of nitrogens with zero attached hydrogens (tertiary/aromatic N) is 1. The van der Waals surface area contributed by atoms with Gasteiger partial charge in [0.1, 0.15) is 0 Å². The van der Waals surface area contributed by atoms with Gasteiger partial charge in [-0.25, -0.2) is 4.98 Å². The van der Waals surface area contributed by atoms with E-state index in [9.17, 15) is 4.79 Å². The Morgan fingerprint density at radius 1 is 1.56 bits per heavy atom.